The van der Waals surface area contributed by atoms with E-state index in [9.17, 15) is 0 Å². The Kier molecular flexibility index (Phi) is 17.4. The van der Waals surface area contributed by atoms with Gasteiger partial charge in [-0.1, -0.05) is 296 Å². The summed E-state index contributed by atoms with van der Waals surface area (Å²) in [4.78, 5) is 16.6. The zero-order valence-electron chi connectivity index (χ0n) is 81.8. The summed E-state index contributed by atoms with van der Waals surface area (Å²) in [5, 5.41) is 14.4. The lowest BCUT2D eigenvalue weighted by Crippen LogP contribution is -2.15. The second-order valence-corrected chi connectivity index (χ2v) is 42.2. The Hall–Kier alpha value is -18.6. The minimum absolute atomic E-state index is 0.128. The maximum absolute atomic E-state index is 5.53. The van der Waals surface area contributed by atoms with Crippen LogP contribution in [-0.4, -0.2) is 42.4 Å². The lowest BCUT2D eigenvalue weighted by atomic mass is 9.82. The van der Waals surface area contributed by atoms with Crippen LogP contribution < -0.4 is 0 Å². The molecule has 0 saturated carbocycles. The average molecular weight is 1880 g/mol. The highest BCUT2D eigenvalue weighted by molar-refractivity contribution is 6.17. The van der Waals surface area contributed by atoms with Crippen molar-refractivity contribution in [3.8, 4) is 135 Å². The van der Waals surface area contributed by atoms with Crippen LogP contribution in [0.4, 0.5) is 0 Å². The van der Waals surface area contributed by atoms with Gasteiger partial charge in [0.1, 0.15) is 0 Å². The molecule has 0 amide bonds. The van der Waals surface area contributed by atoms with Gasteiger partial charge in [0, 0.05) is 132 Å². The first kappa shape index (κ1) is 83.1. The van der Waals surface area contributed by atoms with Crippen molar-refractivity contribution in [1.29, 1.82) is 0 Å². The van der Waals surface area contributed by atoms with Gasteiger partial charge in [-0.2, -0.15) is 0 Å². The van der Waals surface area contributed by atoms with Gasteiger partial charge < -0.3 is 27.4 Å². The molecule has 0 atom stereocenters. The van der Waals surface area contributed by atoms with Crippen LogP contribution in [0.5, 0.6) is 0 Å². The molecular weight excluding hydrogens is 1780 g/mol. The monoisotopic (exact) mass is 1880 g/mol. The van der Waals surface area contributed by atoms with Crippen molar-refractivity contribution in [3.05, 3.63) is 488 Å². The minimum Gasteiger partial charge on any atom is -0.309 e. The first-order chi connectivity index (χ1) is 72.1. The zero-order valence-corrected chi connectivity index (χ0v) is 81.8. The number of aromatic nitrogens is 9. The predicted octanol–water partition coefficient (Wildman–Crippen LogP) is 35.4. The number of hydrogen-bond donors (Lipinski definition) is 0. The number of nitrogens with zero attached hydrogens (tertiary/aromatic N) is 9. The maximum atomic E-state index is 5.53. The largest absolute Gasteiger partial charge is 0.309 e. The van der Waals surface area contributed by atoms with E-state index in [0.29, 0.717) is 17.5 Å². The van der Waals surface area contributed by atoms with Crippen molar-refractivity contribution >= 4 is 131 Å². The Labute approximate surface area is 848 Å². The Morgan fingerprint density at radius 3 is 0.599 bits per heavy atom. The van der Waals surface area contributed by atoms with E-state index in [2.05, 4.69) is 524 Å². The molecule has 0 fully saturated rings. The van der Waals surface area contributed by atoms with E-state index in [4.69, 9.17) is 15.0 Å². The molecule has 690 valence electrons. The summed E-state index contributed by atoms with van der Waals surface area (Å²) >= 11 is 0. The lowest BCUT2D eigenvalue weighted by Gasteiger charge is -2.22. The fourth-order valence-corrected chi connectivity index (χ4v) is 26.1. The Balaban J connectivity index is 0.513. The molecule has 3 aliphatic carbocycles. The number of para-hydroxylation sites is 6. The highest BCUT2D eigenvalue weighted by Gasteiger charge is 2.40. The van der Waals surface area contributed by atoms with Gasteiger partial charge in [-0.25, -0.2) is 15.0 Å². The molecule has 0 unspecified atom stereocenters. The summed E-state index contributed by atoms with van der Waals surface area (Å²) < 4.78 is 14.6. The molecule has 31 rings (SSSR count). The Morgan fingerprint density at radius 1 is 0.136 bits per heavy atom. The van der Waals surface area contributed by atoms with Gasteiger partial charge in [0.2, 0.25) is 0 Å². The average Bonchev–Trinajstić information content (AvgIpc) is 1.56. The van der Waals surface area contributed by atoms with Gasteiger partial charge in [-0.3, -0.25) is 0 Å². The lowest BCUT2D eigenvalue weighted by molar-refractivity contribution is 0.660. The van der Waals surface area contributed by atoms with Crippen LogP contribution in [0, 0.1) is 0 Å². The normalized spacial score (nSPS) is 13.7. The molecule has 0 radical (unpaired) electrons. The van der Waals surface area contributed by atoms with Crippen LogP contribution in [0.1, 0.15) is 74.9 Å². The van der Waals surface area contributed by atoms with E-state index in [1.807, 2.05) is 0 Å². The molecule has 21 aromatic carbocycles. The summed E-state index contributed by atoms with van der Waals surface area (Å²) in [6.07, 6.45) is 0. The smallest absolute Gasteiger partial charge is 0.164 e. The molecule has 7 heterocycles. The van der Waals surface area contributed by atoms with Crippen molar-refractivity contribution in [2.75, 3.05) is 0 Å². The Bertz CT molecular complexity index is 9640. The van der Waals surface area contributed by atoms with Gasteiger partial charge >= 0.3 is 0 Å². The Morgan fingerprint density at radius 2 is 0.327 bits per heavy atom. The summed E-state index contributed by atoms with van der Waals surface area (Å²) in [5.41, 5.74) is 45.6. The highest BCUT2D eigenvalue weighted by Crippen LogP contribution is 2.55. The van der Waals surface area contributed by atoms with E-state index in [1.165, 1.54) is 182 Å². The minimum atomic E-state index is -0.128. The van der Waals surface area contributed by atoms with E-state index >= 15 is 0 Å². The van der Waals surface area contributed by atoms with E-state index in [1.54, 1.807) is 0 Å². The molecule has 0 bridgehead atoms. The van der Waals surface area contributed by atoms with Gasteiger partial charge in [0.05, 0.1) is 66.2 Å². The third-order valence-corrected chi connectivity index (χ3v) is 33.3. The third kappa shape index (κ3) is 12.1. The molecule has 9 nitrogen and oxygen atoms in total. The van der Waals surface area contributed by atoms with Crippen LogP contribution in [0.2, 0.25) is 0 Å². The van der Waals surface area contributed by atoms with Crippen LogP contribution >= 0.6 is 0 Å². The molecular formula is C138H93N9. The van der Waals surface area contributed by atoms with Crippen molar-refractivity contribution in [2.45, 2.75) is 57.8 Å². The third-order valence-electron chi connectivity index (χ3n) is 33.3. The first-order valence-electron chi connectivity index (χ1n) is 51.2. The summed E-state index contributed by atoms with van der Waals surface area (Å²) in [6, 6.07) is 170. The summed E-state index contributed by atoms with van der Waals surface area (Å²) in [7, 11) is 0. The van der Waals surface area contributed by atoms with Crippen molar-refractivity contribution in [1.82, 2.24) is 42.4 Å². The fourth-order valence-electron chi connectivity index (χ4n) is 26.1. The molecule has 0 saturated heterocycles. The topological polar surface area (TPSA) is 68.2 Å². The second kappa shape index (κ2) is 30.7. The van der Waals surface area contributed by atoms with Crippen LogP contribution in [-0.2, 0) is 16.2 Å². The number of fused-ring (bicyclic) bond motifs is 27. The van der Waals surface area contributed by atoms with Crippen LogP contribution in [0.3, 0.4) is 0 Å². The van der Waals surface area contributed by atoms with Gasteiger partial charge in [-0.05, 0) is 300 Å². The molecule has 0 spiro atoms. The quantitative estimate of drug-likeness (QED) is 0.122. The zero-order chi connectivity index (χ0) is 97.3. The first-order valence-corrected chi connectivity index (χ1v) is 51.2. The number of rotatable bonds is 12. The van der Waals surface area contributed by atoms with E-state index < -0.39 is 0 Å². The molecule has 28 aromatic rings. The molecule has 147 heavy (non-hydrogen) atoms. The SMILES string of the molecule is CC1(C)c2ccccc2-c2ccc(-n3c4ccccc4c4cc(-c5ccc6c7ccccc7n(-c7ccc(-c8nc(-c9ccc(-n%10c%11ccccc%11c%11ccc(-c%12ccc%13c(c%12)c%12ccccc%12n%13-c%12ccc%13c(c%12)C(C)(C)c%12ccccc%12-%13)cc%11%10)cc9)nc(-c9ccc(-n%10c%11ccccc%11c%11ccc(-c%12ccc%13c(c%12)c%12ccccc%12n%13-c%12ccc%13c(c%12)C(C)(C)c%12ccccc%12-%13)cc%11%10)cc9)n8)cc7)c6c5)ccc43)cc21. The van der Waals surface area contributed by atoms with Crippen LogP contribution in [0.25, 0.3) is 266 Å². The van der Waals surface area contributed by atoms with Gasteiger partial charge in [0.15, 0.2) is 17.5 Å². The highest BCUT2D eigenvalue weighted by atomic mass is 15.1. The summed E-state index contributed by atoms with van der Waals surface area (Å²) in [5.74, 6) is 1.69. The van der Waals surface area contributed by atoms with Gasteiger partial charge in [0.25, 0.3) is 0 Å². The molecule has 9 heteroatoms. The maximum Gasteiger partial charge on any atom is 0.164 e. The standard InChI is InChI=1S/C138H93N9/c1-136(2)115-34-16-7-25-97(115)100-67-61-94(79-118(100)136)145-124-40-22-13-31-106(124)112-73-85(52-70-127(112)145)88-49-64-109-103-28-10-19-37-121(103)142(130(109)76-88)91-55-43-82(44-56-91)133-139-134(83-45-57-92(58-46-83)143-122-38-20-11-29-104(122)110-65-50-89(77-131(110)143)86-53-71-128-113(74-86)107-32-14-23-41-125(107)146(128)95-62-68-101-98-26-8-17-35-116(98)137(3,4)119(101)80-95)141-135(140-133)84-47-59-93(60-48-84)144-123-39-21-12-30-105(123)111-66-51-90(78-132(111)144)87-54-72-129-114(75-87)108-33-15-24-42-126(108)147(129)96-63-69-102-99-27-9-18-36-117(99)138(5,6)120(102)81-96/h7-81H,1-6H3. The number of benzene rings is 21. The predicted molar refractivity (Wildman–Crippen MR) is 611 cm³/mol. The van der Waals surface area contributed by atoms with Crippen molar-refractivity contribution in [2.24, 2.45) is 0 Å². The van der Waals surface area contributed by atoms with Crippen LogP contribution in [0.15, 0.2) is 455 Å². The second-order valence-electron chi connectivity index (χ2n) is 42.2. The molecule has 3 aliphatic rings. The summed E-state index contributed by atoms with van der Waals surface area (Å²) in [6.45, 7) is 14.2. The van der Waals surface area contributed by atoms with E-state index in [0.717, 1.165) is 100 Å². The van der Waals surface area contributed by atoms with Gasteiger partial charge in [-0.15, -0.1) is 0 Å². The van der Waals surface area contributed by atoms with E-state index in [-0.39, 0.29) is 16.2 Å². The fraction of sp³-hybridized carbons (Fsp3) is 0.0652. The molecule has 0 aliphatic heterocycles. The molecule has 7 aromatic heterocycles. The molecule has 0 N–H and O–H groups in total. The van der Waals surface area contributed by atoms with Crippen molar-refractivity contribution in [3.63, 3.8) is 0 Å². The van der Waals surface area contributed by atoms with Crippen molar-refractivity contribution < 1.29 is 0 Å². The number of hydrogen-bond acceptors (Lipinski definition) is 3.